The van der Waals surface area contributed by atoms with E-state index in [1.165, 1.54) is 11.8 Å². The van der Waals surface area contributed by atoms with Gasteiger partial charge in [-0.3, -0.25) is 10.2 Å². The molecule has 20 heavy (non-hydrogen) atoms. The zero-order valence-corrected chi connectivity index (χ0v) is 11.6. The first-order valence-corrected chi connectivity index (χ1v) is 6.79. The fraction of sp³-hybridized carbons (Fsp3) is 0.273. The number of benzene rings is 1. The Kier molecular flexibility index (Phi) is 4.91. The molecule has 0 aliphatic heterocycles. The minimum Gasteiger partial charge on any atom is -0.492 e. The molecule has 1 aromatic heterocycles. The summed E-state index contributed by atoms with van der Waals surface area (Å²) in [5, 5.41) is 11.8. The molecule has 0 aliphatic carbocycles. The molecule has 3 N–H and O–H groups in total. The lowest BCUT2D eigenvalue weighted by Crippen LogP contribution is -2.30. The highest BCUT2D eigenvalue weighted by atomic mass is 32.2. The lowest BCUT2D eigenvalue weighted by molar-refractivity contribution is 0.0950. The number of nitrogens with zero attached hydrogens (tertiary/aromatic N) is 4. The number of aryl methyl sites for hydroxylation is 1. The summed E-state index contributed by atoms with van der Waals surface area (Å²) in [5.74, 6) is 5.89. The molecule has 1 amide bonds. The van der Waals surface area contributed by atoms with Crippen LogP contribution in [0.4, 0.5) is 0 Å². The fourth-order valence-corrected chi connectivity index (χ4v) is 2.15. The van der Waals surface area contributed by atoms with Crippen LogP contribution in [-0.4, -0.2) is 38.5 Å². The number of hydrazine groups is 1. The Bertz CT molecular complexity index is 588. The minimum absolute atomic E-state index is 0.384. The smallest absolute Gasteiger partial charge is 0.268 e. The number of nitrogens with two attached hydrogens (primary N) is 1. The monoisotopic (exact) mass is 294 g/mol. The topological polar surface area (TPSA) is 108 Å². The van der Waals surface area contributed by atoms with Crippen molar-refractivity contribution in [3.63, 3.8) is 0 Å². The zero-order valence-electron chi connectivity index (χ0n) is 10.8. The molecule has 2 rings (SSSR count). The predicted octanol–water partition coefficient (Wildman–Crippen LogP) is -0.0153. The van der Waals surface area contributed by atoms with Crippen LogP contribution in [0.2, 0.25) is 0 Å². The number of tetrazole rings is 1. The van der Waals surface area contributed by atoms with Crippen molar-refractivity contribution in [1.29, 1.82) is 0 Å². The highest BCUT2D eigenvalue weighted by molar-refractivity contribution is 7.99. The lowest BCUT2D eigenvalue weighted by atomic mass is 10.2. The average molecular weight is 294 g/mol. The number of carbonyl (C=O) groups excluding carboxylic acids is 1. The molecule has 0 atom stereocenters. The number of nitrogen functional groups attached to an aromatic ring is 1. The summed E-state index contributed by atoms with van der Waals surface area (Å²) in [6.45, 7) is 0.423. The molecule has 0 aliphatic rings. The first kappa shape index (κ1) is 14.3. The second-order valence-corrected chi connectivity index (χ2v) is 4.81. The van der Waals surface area contributed by atoms with Gasteiger partial charge in [0.25, 0.3) is 5.91 Å². The molecule has 0 spiro atoms. The van der Waals surface area contributed by atoms with E-state index in [0.29, 0.717) is 28.8 Å². The molecule has 9 heteroatoms. The first-order chi connectivity index (χ1) is 9.72. The molecule has 8 nitrogen and oxygen atoms in total. The molecule has 0 radical (unpaired) electrons. The van der Waals surface area contributed by atoms with Crippen LogP contribution >= 0.6 is 11.8 Å². The van der Waals surface area contributed by atoms with Gasteiger partial charge < -0.3 is 4.74 Å². The molecular formula is C11H14N6O2S. The van der Waals surface area contributed by atoms with Crippen LogP contribution in [0.1, 0.15) is 10.4 Å². The standard InChI is InChI=1S/C11H14N6O2S/c1-17-11(14-15-16-17)20-7-6-19-9-5-3-2-4-8(9)10(18)13-12/h2-5H,6-7,12H2,1H3,(H,13,18). The summed E-state index contributed by atoms with van der Waals surface area (Å²) in [4.78, 5) is 11.5. The third-order valence-corrected chi connectivity index (χ3v) is 3.39. The number of hydrogen-bond acceptors (Lipinski definition) is 7. The van der Waals surface area contributed by atoms with E-state index in [-0.39, 0.29) is 5.91 Å². The third kappa shape index (κ3) is 3.45. The summed E-state index contributed by atoms with van der Waals surface area (Å²) in [6, 6.07) is 6.91. The Morgan fingerprint density at radius 3 is 3.00 bits per heavy atom. The predicted molar refractivity (Wildman–Crippen MR) is 73.1 cm³/mol. The molecule has 0 saturated carbocycles. The molecule has 0 saturated heterocycles. The van der Waals surface area contributed by atoms with Gasteiger partial charge in [-0.15, -0.1) is 5.10 Å². The van der Waals surface area contributed by atoms with Crippen molar-refractivity contribution in [1.82, 2.24) is 25.6 Å². The van der Waals surface area contributed by atoms with E-state index in [0.717, 1.165) is 0 Å². The third-order valence-electron chi connectivity index (χ3n) is 2.42. The highest BCUT2D eigenvalue weighted by Crippen LogP contribution is 2.19. The van der Waals surface area contributed by atoms with Crippen molar-refractivity contribution >= 4 is 17.7 Å². The summed E-state index contributed by atoms with van der Waals surface area (Å²) in [7, 11) is 1.77. The minimum atomic E-state index is -0.384. The number of ether oxygens (including phenoxy) is 1. The highest BCUT2D eigenvalue weighted by Gasteiger charge is 2.10. The molecule has 106 valence electrons. The number of amides is 1. The zero-order chi connectivity index (χ0) is 14.4. The maximum Gasteiger partial charge on any atom is 0.268 e. The molecule has 2 aromatic rings. The van der Waals surface area contributed by atoms with E-state index >= 15 is 0 Å². The second-order valence-electron chi connectivity index (χ2n) is 3.75. The average Bonchev–Trinajstić information content (AvgIpc) is 2.88. The van der Waals surface area contributed by atoms with Gasteiger partial charge in [0, 0.05) is 12.8 Å². The SMILES string of the molecule is Cn1nnnc1SCCOc1ccccc1C(=O)NN. The number of nitrogens with one attached hydrogen (secondary N) is 1. The van der Waals surface area contributed by atoms with Gasteiger partial charge in [-0.2, -0.15) is 0 Å². The van der Waals surface area contributed by atoms with Gasteiger partial charge in [0.2, 0.25) is 5.16 Å². The van der Waals surface area contributed by atoms with Crippen molar-refractivity contribution in [3.8, 4) is 5.75 Å². The van der Waals surface area contributed by atoms with E-state index in [9.17, 15) is 4.79 Å². The lowest BCUT2D eigenvalue weighted by Gasteiger charge is -2.09. The van der Waals surface area contributed by atoms with Crippen LogP contribution in [0.15, 0.2) is 29.4 Å². The summed E-state index contributed by atoms with van der Waals surface area (Å²) >= 11 is 1.47. The van der Waals surface area contributed by atoms with Gasteiger partial charge in [-0.05, 0) is 22.6 Å². The van der Waals surface area contributed by atoms with Crippen LogP contribution in [0.5, 0.6) is 5.75 Å². The van der Waals surface area contributed by atoms with Crippen LogP contribution in [0, 0.1) is 0 Å². The fourth-order valence-electron chi connectivity index (χ4n) is 1.49. The van der Waals surface area contributed by atoms with E-state index in [2.05, 4.69) is 21.0 Å². The Labute approximate surface area is 119 Å². The maximum atomic E-state index is 11.5. The van der Waals surface area contributed by atoms with Gasteiger partial charge in [0.05, 0.1) is 12.2 Å². The normalized spacial score (nSPS) is 10.3. The molecular weight excluding hydrogens is 280 g/mol. The maximum absolute atomic E-state index is 11.5. The van der Waals surface area contributed by atoms with Gasteiger partial charge in [0.1, 0.15) is 5.75 Å². The number of aromatic nitrogens is 4. The second kappa shape index (κ2) is 6.87. The van der Waals surface area contributed by atoms with Gasteiger partial charge in [0.15, 0.2) is 0 Å². The Hall–Kier alpha value is -2.13. The van der Waals surface area contributed by atoms with Crippen molar-refractivity contribution in [2.24, 2.45) is 12.9 Å². The molecule has 0 bridgehead atoms. The Morgan fingerprint density at radius 2 is 2.30 bits per heavy atom. The van der Waals surface area contributed by atoms with E-state index < -0.39 is 0 Å². The van der Waals surface area contributed by atoms with Crippen LogP contribution in [0.3, 0.4) is 0 Å². The number of hydrogen-bond donors (Lipinski definition) is 2. The molecule has 1 heterocycles. The summed E-state index contributed by atoms with van der Waals surface area (Å²) in [5.41, 5.74) is 2.49. The summed E-state index contributed by atoms with van der Waals surface area (Å²) < 4.78 is 7.17. The van der Waals surface area contributed by atoms with Crippen molar-refractivity contribution in [2.45, 2.75) is 5.16 Å². The number of para-hydroxylation sites is 1. The Morgan fingerprint density at radius 1 is 1.50 bits per heavy atom. The van der Waals surface area contributed by atoms with Crippen LogP contribution in [-0.2, 0) is 7.05 Å². The van der Waals surface area contributed by atoms with E-state index in [1.807, 2.05) is 0 Å². The quantitative estimate of drug-likeness (QED) is 0.253. The van der Waals surface area contributed by atoms with Crippen molar-refractivity contribution in [3.05, 3.63) is 29.8 Å². The van der Waals surface area contributed by atoms with E-state index in [4.69, 9.17) is 10.6 Å². The number of carbonyl (C=O) groups is 1. The number of rotatable bonds is 6. The Balaban J connectivity index is 1.88. The largest absolute Gasteiger partial charge is 0.492 e. The number of thioether (sulfide) groups is 1. The van der Waals surface area contributed by atoms with Crippen LogP contribution in [0.25, 0.3) is 0 Å². The van der Waals surface area contributed by atoms with Crippen molar-refractivity contribution < 1.29 is 9.53 Å². The van der Waals surface area contributed by atoms with Gasteiger partial charge in [-0.1, -0.05) is 23.9 Å². The van der Waals surface area contributed by atoms with Crippen molar-refractivity contribution in [2.75, 3.05) is 12.4 Å². The molecule has 1 aromatic carbocycles. The van der Waals surface area contributed by atoms with Gasteiger partial charge in [-0.25, -0.2) is 10.5 Å². The summed E-state index contributed by atoms with van der Waals surface area (Å²) in [6.07, 6.45) is 0. The molecule has 0 unspecified atom stereocenters. The van der Waals surface area contributed by atoms with E-state index in [1.54, 1.807) is 36.0 Å². The van der Waals surface area contributed by atoms with Gasteiger partial charge >= 0.3 is 0 Å². The van der Waals surface area contributed by atoms with Crippen LogP contribution < -0.4 is 16.0 Å². The molecule has 0 fully saturated rings. The first-order valence-electron chi connectivity index (χ1n) is 5.80.